The van der Waals surface area contributed by atoms with E-state index < -0.39 is 24.1 Å². The molecule has 0 aliphatic carbocycles. The van der Waals surface area contributed by atoms with Crippen LogP contribution in [-0.4, -0.2) is 48.0 Å². The Morgan fingerprint density at radius 3 is 2.41 bits per heavy atom. The highest BCUT2D eigenvalue weighted by atomic mass is 16.5. The van der Waals surface area contributed by atoms with Gasteiger partial charge in [0.25, 0.3) is 0 Å². The molecule has 2 aromatic carbocycles. The first-order chi connectivity index (χ1) is 12.9. The van der Waals surface area contributed by atoms with Gasteiger partial charge in [0.1, 0.15) is 12.1 Å². The quantitative estimate of drug-likeness (QED) is 0.480. The molecule has 0 aliphatic heterocycles. The number of carbonyl (C=O) groups excluding carboxylic acids is 2. The lowest BCUT2D eigenvalue weighted by Crippen LogP contribution is -2.43. The Kier molecular flexibility index (Phi) is 7.19. The summed E-state index contributed by atoms with van der Waals surface area (Å²) in [7, 11) is 1.28. The van der Waals surface area contributed by atoms with Gasteiger partial charge in [-0.3, -0.25) is 4.79 Å². The molecule has 2 rings (SSSR count). The van der Waals surface area contributed by atoms with Gasteiger partial charge in [-0.2, -0.15) is 0 Å². The summed E-state index contributed by atoms with van der Waals surface area (Å²) >= 11 is 0. The van der Waals surface area contributed by atoms with Crippen LogP contribution >= 0.6 is 0 Å². The number of phenolic OH excluding ortho intramolecular Hbond substituents is 2. The molecule has 0 aromatic heterocycles. The van der Waals surface area contributed by atoms with E-state index in [4.69, 9.17) is 9.47 Å². The monoisotopic (exact) mass is 373 g/mol. The van der Waals surface area contributed by atoms with E-state index in [1.54, 1.807) is 37.3 Å². The summed E-state index contributed by atoms with van der Waals surface area (Å²) in [6.45, 7) is 1.96. The van der Waals surface area contributed by atoms with E-state index in [0.29, 0.717) is 11.1 Å². The fourth-order valence-electron chi connectivity index (χ4n) is 2.49. The predicted octanol–water partition coefficient (Wildman–Crippen LogP) is 2.02. The second-order valence-electron chi connectivity index (χ2n) is 6.09. The van der Waals surface area contributed by atoms with Gasteiger partial charge in [0.15, 0.2) is 11.5 Å². The van der Waals surface area contributed by atoms with E-state index in [1.807, 2.05) is 6.07 Å². The molecule has 0 aliphatic rings. The molecule has 0 spiro atoms. The molecule has 0 fully saturated rings. The minimum absolute atomic E-state index is 0.234. The average molecular weight is 373 g/mol. The zero-order chi connectivity index (χ0) is 19.8. The first-order valence-electron chi connectivity index (χ1n) is 8.48. The Morgan fingerprint density at radius 2 is 1.78 bits per heavy atom. The molecular formula is C20H23NO6. The second kappa shape index (κ2) is 9.59. The van der Waals surface area contributed by atoms with E-state index in [0.717, 1.165) is 0 Å². The number of benzene rings is 2. The van der Waals surface area contributed by atoms with E-state index >= 15 is 0 Å². The van der Waals surface area contributed by atoms with Gasteiger partial charge in [0.05, 0.1) is 12.7 Å². The van der Waals surface area contributed by atoms with E-state index in [-0.39, 0.29) is 24.5 Å². The molecular weight excluding hydrogens is 350 g/mol. The number of hydrogen-bond donors (Lipinski definition) is 3. The van der Waals surface area contributed by atoms with Crippen molar-refractivity contribution in [2.45, 2.75) is 25.5 Å². The van der Waals surface area contributed by atoms with Crippen molar-refractivity contribution in [1.29, 1.82) is 0 Å². The molecule has 2 atom stereocenters. The number of nitrogens with one attached hydrogen (secondary N) is 1. The number of hydrogen-bond acceptors (Lipinski definition) is 7. The molecule has 27 heavy (non-hydrogen) atoms. The van der Waals surface area contributed by atoms with Crippen LogP contribution in [0.15, 0.2) is 48.5 Å². The highest BCUT2D eigenvalue weighted by molar-refractivity contribution is 5.89. The fraction of sp³-hybridized carbons (Fsp3) is 0.300. The van der Waals surface area contributed by atoms with E-state index in [9.17, 15) is 19.8 Å². The van der Waals surface area contributed by atoms with Crippen LogP contribution in [-0.2, 0) is 20.7 Å². The van der Waals surface area contributed by atoms with Crippen LogP contribution in [0.5, 0.6) is 11.5 Å². The van der Waals surface area contributed by atoms with Gasteiger partial charge in [0, 0.05) is 6.54 Å². The Morgan fingerprint density at radius 1 is 1.07 bits per heavy atom. The van der Waals surface area contributed by atoms with Gasteiger partial charge >= 0.3 is 11.9 Å². The zero-order valence-corrected chi connectivity index (χ0v) is 15.2. The van der Waals surface area contributed by atoms with Crippen molar-refractivity contribution in [3.8, 4) is 11.5 Å². The maximum Gasteiger partial charge on any atom is 0.338 e. The molecule has 0 amide bonds. The third-order valence-corrected chi connectivity index (χ3v) is 3.93. The first kappa shape index (κ1) is 20.3. The van der Waals surface area contributed by atoms with Gasteiger partial charge in [-0.1, -0.05) is 24.3 Å². The average Bonchev–Trinajstić information content (AvgIpc) is 2.67. The van der Waals surface area contributed by atoms with Crippen molar-refractivity contribution in [3.63, 3.8) is 0 Å². The minimum atomic E-state index is -0.697. The van der Waals surface area contributed by atoms with Crippen molar-refractivity contribution in [2.24, 2.45) is 0 Å². The summed E-state index contributed by atoms with van der Waals surface area (Å²) in [6, 6.07) is 12.3. The Labute approximate surface area is 157 Å². The van der Waals surface area contributed by atoms with Crippen LogP contribution in [0.1, 0.15) is 22.8 Å². The number of rotatable bonds is 8. The number of esters is 2. The number of carbonyl (C=O) groups is 2. The van der Waals surface area contributed by atoms with Crippen molar-refractivity contribution in [1.82, 2.24) is 5.32 Å². The van der Waals surface area contributed by atoms with E-state index in [2.05, 4.69) is 5.32 Å². The molecule has 0 bridgehead atoms. The standard InChI is InChI=1S/C20H23NO6/c1-13(27-19(24)15-6-4-3-5-7-15)12-21-16(20(25)26-2)10-14-8-9-17(22)18(23)11-14/h3-9,11,13,16,21-23H,10,12H2,1-2H3/t13?,16-/m0/s1. The highest BCUT2D eigenvalue weighted by Crippen LogP contribution is 2.25. The number of methoxy groups -OCH3 is 1. The molecule has 144 valence electrons. The molecule has 0 radical (unpaired) electrons. The lowest BCUT2D eigenvalue weighted by Gasteiger charge is -2.20. The second-order valence-corrected chi connectivity index (χ2v) is 6.09. The summed E-state index contributed by atoms with van der Waals surface area (Å²) < 4.78 is 10.2. The van der Waals surface area contributed by atoms with Crippen LogP contribution in [0.3, 0.4) is 0 Å². The van der Waals surface area contributed by atoms with Crippen LogP contribution in [0, 0.1) is 0 Å². The molecule has 0 saturated heterocycles. The summed E-state index contributed by atoms with van der Waals surface area (Å²) in [6.07, 6.45) is -0.238. The highest BCUT2D eigenvalue weighted by Gasteiger charge is 2.21. The van der Waals surface area contributed by atoms with E-state index in [1.165, 1.54) is 19.2 Å². The molecule has 1 unspecified atom stereocenters. The molecule has 0 heterocycles. The molecule has 7 heteroatoms. The van der Waals surface area contributed by atoms with Crippen molar-refractivity contribution in [2.75, 3.05) is 13.7 Å². The fourth-order valence-corrected chi connectivity index (χ4v) is 2.49. The molecule has 2 aromatic rings. The van der Waals surface area contributed by atoms with Crippen LogP contribution in [0.2, 0.25) is 0 Å². The van der Waals surface area contributed by atoms with Crippen molar-refractivity contribution >= 4 is 11.9 Å². The Hall–Kier alpha value is -3.06. The third-order valence-electron chi connectivity index (χ3n) is 3.93. The van der Waals surface area contributed by atoms with Crippen LogP contribution in [0.4, 0.5) is 0 Å². The summed E-state index contributed by atoms with van der Waals surface area (Å²) in [5, 5.41) is 22.0. The van der Waals surface area contributed by atoms with Gasteiger partial charge in [0.2, 0.25) is 0 Å². The lowest BCUT2D eigenvalue weighted by molar-refractivity contribution is -0.143. The Bertz CT molecular complexity index is 777. The van der Waals surface area contributed by atoms with Gasteiger partial charge in [-0.25, -0.2) is 4.79 Å². The summed E-state index contributed by atoms with van der Waals surface area (Å²) in [5.74, 6) is -1.42. The summed E-state index contributed by atoms with van der Waals surface area (Å²) in [4.78, 5) is 24.1. The maximum absolute atomic E-state index is 12.1. The number of phenols is 2. The molecule has 0 saturated carbocycles. The van der Waals surface area contributed by atoms with Gasteiger partial charge in [-0.15, -0.1) is 0 Å². The maximum atomic E-state index is 12.1. The molecule has 7 nitrogen and oxygen atoms in total. The van der Waals surface area contributed by atoms with Crippen LogP contribution in [0.25, 0.3) is 0 Å². The number of ether oxygens (including phenoxy) is 2. The number of aromatic hydroxyl groups is 2. The minimum Gasteiger partial charge on any atom is -0.504 e. The largest absolute Gasteiger partial charge is 0.504 e. The lowest BCUT2D eigenvalue weighted by atomic mass is 10.0. The molecule has 3 N–H and O–H groups in total. The Balaban J connectivity index is 1.94. The SMILES string of the molecule is COC(=O)[C@H](Cc1ccc(O)c(O)c1)NCC(C)OC(=O)c1ccccc1. The van der Waals surface area contributed by atoms with Gasteiger partial charge < -0.3 is 25.0 Å². The first-order valence-corrected chi connectivity index (χ1v) is 8.48. The normalized spacial score (nSPS) is 12.8. The van der Waals surface area contributed by atoms with Gasteiger partial charge in [-0.05, 0) is 43.2 Å². The van der Waals surface area contributed by atoms with Crippen LogP contribution < -0.4 is 5.32 Å². The predicted molar refractivity (Wildman–Crippen MR) is 98.6 cm³/mol. The van der Waals surface area contributed by atoms with Crippen molar-refractivity contribution in [3.05, 3.63) is 59.7 Å². The zero-order valence-electron chi connectivity index (χ0n) is 15.2. The summed E-state index contributed by atoms with van der Waals surface area (Å²) in [5.41, 5.74) is 1.09. The topological polar surface area (TPSA) is 105 Å². The third kappa shape index (κ3) is 6.00. The smallest absolute Gasteiger partial charge is 0.338 e. The van der Waals surface area contributed by atoms with Crippen molar-refractivity contribution < 1.29 is 29.3 Å².